The van der Waals surface area contributed by atoms with Gasteiger partial charge in [0.05, 0.1) is 6.34 Å². The number of hydrogen-bond acceptors (Lipinski definition) is 14. The Hall–Kier alpha value is -7.88. The summed E-state index contributed by atoms with van der Waals surface area (Å²) in [6, 6.07) is 5.15. The summed E-state index contributed by atoms with van der Waals surface area (Å²) in [6.45, 7) is 5.06. The first kappa shape index (κ1) is 63.7. The molecular formula is C51H74N16O10S2. The van der Waals surface area contributed by atoms with E-state index in [1.54, 1.807) is 42.6 Å². The van der Waals surface area contributed by atoms with Crippen molar-refractivity contribution in [1.82, 2.24) is 57.7 Å². The maximum Gasteiger partial charge on any atom is 0.325 e. The average molecular weight is 1140 g/mol. The average Bonchev–Trinajstić information content (AvgIpc) is 4.00. The zero-order chi connectivity index (χ0) is 58.0. The van der Waals surface area contributed by atoms with E-state index >= 15 is 0 Å². The number of nitrogens with zero attached hydrogens (tertiary/aromatic N) is 3. The highest BCUT2D eigenvalue weighted by Gasteiger charge is 2.39. The highest BCUT2D eigenvalue weighted by atomic mass is 32.1. The molecule has 0 aliphatic carbocycles. The Kier molecular flexibility index (Phi) is 26.4. The molecule has 430 valence electrons. The van der Waals surface area contributed by atoms with E-state index < -0.39 is 114 Å². The van der Waals surface area contributed by atoms with Crippen LogP contribution < -0.4 is 65.1 Å². The number of aromatic amines is 1. The van der Waals surface area contributed by atoms with Crippen LogP contribution in [0.15, 0.2) is 70.8 Å². The number of rotatable bonds is 34. The zero-order valence-corrected chi connectivity index (χ0v) is 46.2. The smallest absolute Gasteiger partial charge is 0.325 e. The Bertz CT molecular complexity index is 2650. The summed E-state index contributed by atoms with van der Waals surface area (Å²) in [5.74, 6) is -7.75. The minimum Gasteiger partial charge on any atom is -0.377 e. The topological polar surface area (TPSA) is 401 Å². The van der Waals surface area contributed by atoms with Gasteiger partial charge >= 0.3 is 6.03 Å². The lowest BCUT2D eigenvalue weighted by Gasteiger charge is -2.27. The van der Waals surface area contributed by atoms with E-state index in [0.717, 1.165) is 22.2 Å². The Morgan fingerprint density at radius 2 is 1.27 bits per heavy atom. The van der Waals surface area contributed by atoms with E-state index in [2.05, 4.69) is 88.1 Å². The predicted molar refractivity (Wildman–Crippen MR) is 303 cm³/mol. The standard InChI is InChI=1S/C51H74N16O10S2/c1-4-6-16-36-49(76)67(51(77)66-36)25-41(68)60-40(27-79)48(75)59-29(3)43(70)61-35(19-21-56-28-55-5-2)45(72)63-37(22-30-13-8-7-9-14-30)46(73)62-34(18-12-20-57-50(53)54)44(71)64-38(47(74)65-39(26-78)42(52)69)23-31-24-58-33-17-11-10-15-32(31)33/h7-11,13-15,17,24,28-29,34-40,58,78-79H,4-6,12,16,18-23,25-27H2,1-3H3,(H2,52,69)(H,55,56)(H,59,75)(H,60,68)(H,61,70)(H,62,73)(H,63,72)(H,64,71)(H,65,74)(H,66,77)(H4,53,54,57)/t29-,34+,35+,36+,37-,38+,39+,40+/m1/s1. The van der Waals surface area contributed by atoms with Crippen LogP contribution >= 0.6 is 25.3 Å². The summed E-state index contributed by atoms with van der Waals surface area (Å²) < 4.78 is 0. The number of fused-ring (bicyclic) bond motifs is 1. The number of imide groups is 1. The van der Waals surface area contributed by atoms with Gasteiger partial charge in [0.25, 0.3) is 5.91 Å². The third kappa shape index (κ3) is 20.5. The number of H-pyrrole nitrogens is 1. The number of para-hydroxylation sites is 1. The molecule has 28 heteroatoms. The summed E-state index contributed by atoms with van der Waals surface area (Å²) in [6.07, 6.45) is 4.80. The minimum atomic E-state index is -1.40. The lowest BCUT2D eigenvalue weighted by Crippen LogP contribution is -2.60. The summed E-state index contributed by atoms with van der Waals surface area (Å²) in [5.41, 5.74) is 18.7. The Labute approximate surface area is 468 Å². The maximum absolute atomic E-state index is 14.6. The lowest BCUT2D eigenvalue weighted by molar-refractivity contribution is -0.135. The first-order valence-electron chi connectivity index (χ1n) is 25.9. The van der Waals surface area contributed by atoms with Gasteiger partial charge in [0.2, 0.25) is 47.3 Å². The minimum absolute atomic E-state index is 0.00578. The first-order chi connectivity index (χ1) is 37.8. The van der Waals surface area contributed by atoms with Crippen molar-refractivity contribution in [2.24, 2.45) is 27.2 Å². The van der Waals surface area contributed by atoms with Gasteiger partial charge in [0.15, 0.2) is 5.96 Å². The van der Waals surface area contributed by atoms with Gasteiger partial charge in [0, 0.05) is 61.1 Å². The van der Waals surface area contributed by atoms with Crippen molar-refractivity contribution in [2.45, 2.75) is 120 Å². The number of urea groups is 1. The summed E-state index contributed by atoms with van der Waals surface area (Å²) in [5, 5.41) is 24.5. The molecule has 16 N–H and O–H groups in total. The molecule has 1 aliphatic rings. The van der Waals surface area contributed by atoms with E-state index in [1.807, 2.05) is 32.0 Å². The summed E-state index contributed by atoms with van der Waals surface area (Å²) >= 11 is 8.34. The second kappa shape index (κ2) is 32.8. The molecule has 0 bridgehead atoms. The molecule has 8 atom stereocenters. The number of amides is 11. The normalized spacial score (nSPS) is 15.8. The van der Waals surface area contributed by atoms with Crippen molar-refractivity contribution in [3.63, 3.8) is 0 Å². The number of carbonyl (C=O) groups is 10. The number of carbonyl (C=O) groups excluding carboxylic acids is 10. The maximum atomic E-state index is 14.6. The fourth-order valence-corrected chi connectivity index (χ4v) is 8.66. The van der Waals surface area contributed by atoms with Crippen LogP contribution in [0.4, 0.5) is 4.79 Å². The molecule has 2 aromatic carbocycles. The van der Waals surface area contributed by atoms with E-state index in [9.17, 15) is 47.9 Å². The van der Waals surface area contributed by atoms with Crippen molar-refractivity contribution in [3.8, 4) is 0 Å². The van der Waals surface area contributed by atoms with Crippen LogP contribution in [-0.4, -0.2) is 167 Å². The van der Waals surface area contributed by atoms with Crippen LogP contribution in [0.2, 0.25) is 0 Å². The number of unbranched alkanes of at least 4 members (excludes halogenated alkanes) is 1. The van der Waals surface area contributed by atoms with E-state index in [1.165, 1.54) is 13.3 Å². The van der Waals surface area contributed by atoms with Gasteiger partial charge in [-0.1, -0.05) is 68.3 Å². The number of nitrogens with two attached hydrogens (primary N) is 3. The molecule has 0 radical (unpaired) electrons. The molecule has 0 unspecified atom stereocenters. The number of thiol groups is 2. The van der Waals surface area contributed by atoms with Gasteiger partial charge in [-0.2, -0.15) is 25.3 Å². The molecule has 3 aromatic rings. The van der Waals surface area contributed by atoms with E-state index in [0.29, 0.717) is 30.5 Å². The summed E-state index contributed by atoms with van der Waals surface area (Å²) in [4.78, 5) is 147. The number of primary amides is 1. The molecule has 4 rings (SSSR count). The van der Waals surface area contributed by atoms with Gasteiger partial charge in [-0.15, -0.1) is 0 Å². The highest BCUT2D eigenvalue weighted by Crippen LogP contribution is 2.20. The van der Waals surface area contributed by atoms with Crippen LogP contribution in [0, 0.1) is 0 Å². The molecule has 1 aromatic heterocycles. The van der Waals surface area contributed by atoms with Gasteiger partial charge in [-0.25, -0.2) is 4.79 Å². The second-order valence-corrected chi connectivity index (χ2v) is 19.3. The Morgan fingerprint density at radius 3 is 1.90 bits per heavy atom. The number of nitrogens with one attached hydrogen (secondary N) is 10. The van der Waals surface area contributed by atoms with Gasteiger partial charge < -0.3 is 70.0 Å². The summed E-state index contributed by atoms with van der Waals surface area (Å²) in [7, 11) is 0. The third-order valence-electron chi connectivity index (χ3n) is 12.5. The second-order valence-electron chi connectivity index (χ2n) is 18.6. The Balaban J connectivity index is 1.57. The molecule has 0 saturated carbocycles. The zero-order valence-electron chi connectivity index (χ0n) is 44.4. The van der Waals surface area contributed by atoms with Crippen molar-refractivity contribution in [2.75, 3.05) is 37.7 Å². The van der Waals surface area contributed by atoms with Crippen LogP contribution in [0.25, 0.3) is 10.9 Å². The molecule has 1 aliphatic heterocycles. The van der Waals surface area contributed by atoms with E-state index in [4.69, 9.17) is 17.2 Å². The number of aromatic nitrogens is 1. The fraction of sp³-hybridized carbons (Fsp3) is 0.490. The van der Waals surface area contributed by atoms with Gasteiger partial charge in [-0.05, 0) is 56.7 Å². The quantitative estimate of drug-likeness (QED) is 0.0100. The third-order valence-corrected chi connectivity index (χ3v) is 13.2. The highest BCUT2D eigenvalue weighted by molar-refractivity contribution is 7.80. The lowest BCUT2D eigenvalue weighted by atomic mass is 10.0. The molecule has 26 nitrogen and oxygen atoms in total. The largest absolute Gasteiger partial charge is 0.377 e. The predicted octanol–water partition coefficient (Wildman–Crippen LogP) is -2.10. The number of guanidine groups is 1. The molecular weight excluding hydrogens is 1060 g/mol. The van der Waals surface area contributed by atoms with Crippen molar-refractivity contribution < 1.29 is 47.9 Å². The van der Waals surface area contributed by atoms with Crippen LogP contribution in [0.1, 0.15) is 70.4 Å². The van der Waals surface area contributed by atoms with Gasteiger partial charge in [-0.3, -0.25) is 58.0 Å². The molecule has 79 heavy (non-hydrogen) atoms. The number of benzene rings is 2. The van der Waals surface area contributed by atoms with Crippen LogP contribution in [0.5, 0.6) is 0 Å². The van der Waals surface area contributed by atoms with Gasteiger partial charge in [0.1, 0.15) is 54.9 Å². The number of hydrogen-bond donors (Lipinski definition) is 15. The molecule has 0 spiro atoms. The molecule has 11 amide bonds. The Morgan fingerprint density at radius 1 is 0.684 bits per heavy atom. The van der Waals surface area contributed by atoms with Crippen molar-refractivity contribution in [3.05, 3.63) is 71.9 Å². The van der Waals surface area contributed by atoms with Crippen molar-refractivity contribution >= 4 is 108 Å². The van der Waals surface area contributed by atoms with Crippen LogP contribution in [-0.2, 0) is 56.0 Å². The monoisotopic (exact) mass is 1130 g/mol. The first-order valence-corrected chi connectivity index (χ1v) is 27.2. The van der Waals surface area contributed by atoms with E-state index in [-0.39, 0.29) is 62.7 Å². The molecule has 2 heterocycles. The molecule has 1 saturated heterocycles. The SMILES string of the molecule is CCCC[C@@H]1NC(=O)N(CC(=O)N[C@@H](CS)C(=O)N[C@H](C)C(=O)N[C@@H](CCN=CNCC)C(=O)N[C@H](Cc2ccccc2)C(=O)N[C@@H](CCCN=C(N)N)C(=O)N[C@@H](Cc2c[nH]c3ccccc23)C(=O)N[C@@H](CS)C(N)=O)C1=O. The van der Waals surface area contributed by atoms with Crippen molar-refractivity contribution in [1.29, 1.82) is 0 Å². The number of aliphatic imine (C=N–C) groups is 2. The molecule has 1 fully saturated rings. The fourth-order valence-electron chi connectivity index (χ4n) is 8.13. The van der Waals surface area contributed by atoms with Crippen LogP contribution in [0.3, 0.4) is 0 Å².